The third-order valence-corrected chi connectivity index (χ3v) is 3.37. The summed E-state index contributed by atoms with van der Waals surface area (Å²) in [7, 11) is 0. The predicted molar refractivity (Wildman–Crippen MR) is 89.2 cm³/mol. The number of rotatable bonds is 3. The smallest absolute Gasteiger partial charge is 0.257 e. The van der Waals surface area contributed by atoms with E-state index in [1.165, 1.54) is 0 Å². The summed E-state index contributed by atoms with van der Waals surface area (Å²) in [5.41, 5.74) is 2.76. The van der Waals surface area contributed by atoms with Gasteiger partial charge in [-0.2, -0.15) is 0 Å². The Balaban J connectivity index is 1.94. The van der Waals surface area contributed by atoms with E-state index in [2.05, 4.69) is 10.6 Å². The van der Waals surface area contributed by atoms with Crippen molar-refractivity contribution in [1.29, 1.82) is 0 Å². The van der Waals surface area contributed by atoms with Crippen LogP contribution in [0, 0.1) is 6.92 Å². The topological polar surface area (TPSA) is 41.1 Å². The van der Waals surface area contributed by atoms with E-state index in [4.69, 9.17) is 12.2 Å². The van der Waals surface area contributed by atoms with E-state index in [1.54, 1.807) is 6.07 Å². The summed E-state index contributed by atoms with van der Waals surface area (Å²) in [6.45, 7) is 3.95. The van der Waals surface area contributed by atoms with Crippen molar-refractivity contribution in [3.63, 3.8) is 0 Å². The molecular weight excluding hydrogens is 280 g/mol. The van der Waals surface area contributed by atoms with E-state index < -0.39 is 0 Å². The minimum atomic E-state index is -0.198. The molecule has 2 rings (SSSR count). The molecule has 0 heterocycles. The summed E-state index contributed by atoms with van der Waals surface area (Å²) < 4.78 is 0. The molecule has 2 aromatic carbocycles. The molecule has 3 nitrogen and oxygen atoms in total. The maximum absolute atomic E-state index is 12.1. The van der Waals surface area contributed by atoms with Gasteiger partial charge in [-0.25, -0.2) is 0 Å². The Morgan fingerprint density at radius 2 is 1.81 bits per heavy atom. The van der Waals surface area contributed by atoms with Crippen LogP contribution < -0.4 is 10.6 Å². The molecule has 2 N–H and O–H groups in total. The van der Waals surface area contributed by atoms with Gasteiger partial charge in [-0.1, -0.05) is 48.0 Å². The fraction of sp³-hybridized carbons (Fsp3) is 0.176. The Hall–Kier alpha value is -2.20. The van der Waals surface area contributed by atoms with Crippen LogP contribution in [0.5, 0.6) is 0 Å². The average molecular weight is 298 g/mol. The maximum atomic E-state index is 12.1. The summed E-state index contributed by atoms with van der Waals surface area (Å²) >= 11 is 5.20. The van der Waals surface area contributed by atoms with Crippen molar-refractivity contribution in [2.75, 3.05) is 0 Å². The Kier molecular flexibility index (Phi) is 5.06. The maximum Gasteiger partial charge on any atom is 0.257 e. The molecule has 108 valence electrons. The lowest BCUT2D eigenvalue weighted by molar-refractivity contribution is 0.0976. The number of carbonyl (C=O) groups is 1. The lowest BCUT2D eigenvalue weighted by Crippen LogP contribution is -2.40. The SMILES string of the molecule is Cc1cccc(C(=O)NC(=S)N[C@@H](C)c2ccccc2)c1. The van der Waals surface area contributed by atoms with E-state index in [1.807, 2.05) is 62.4 Å². The molecule has 0 radical (unpaired) electrons. The lowest BCUT2D eigenvalue weighted by atomic mass is 10.1. The Morgan fingerprint density at radius 3 is 2.48 bits per heavy atom. The molecule has 1 amide bonds. The number of amides is 1. The van der Waals surface area contributed by atoms with Gasteiger partial charge in [-0.05, 0) is 43.8 Å². The van der Waals surface area contributed by atoms with Crippen molar-refractivity contribution >= 4 is 23.2 Å². The zero-order valence-corrected chi connectivity index (χ0v) is 12.9. The Bertz CT molecular complexity index is 640. The van der Waals surface area contributed by atoms with Crippen molar-refractivity contribution in [3.05, 3.63) is 71.3 Å². The van der Waals surface area contributed by atoms with Crippen molar-refractivity contribution < 1.29 is 4.79 Å². The molecule has 2 aromatic rings. The highest BCUT2D eigenvalue weighted by atomic mass is 32.1. The second-order valence-electron chi connectivity index (χ2n) is 4.93. The van der Waals surface area contributed by atoms with Gasteiger partial charge in [0, 0.05) is 5.56 Å². The van der Waals surface area contributed by atoms with Crippen molar-refractivity contribution in [1.82, 2.24) is 10.6 Å². The molecule has 0 saturated heterocycles. The van der Waals surface area contributed by atoms with Crippen LogP contribution >= 0.6 is 12.2 Å². The van der Waals surface area contributed by atoms with Crippen LogP contribution in [0.25, 0.3) is 0 Å². The molecule has 4 heteroatoms. The van der Waals surface area contributed by atoms with Crippen LogP contribution in [0.4, 0.5) is 0 Å². The van der Waals surface area contributed by atoms with Gasteiger partial charge >= 0.3 is 0 Å². The molecule has 0 aliphatic heterocycles. The highest BCUT2D eigenvalue weighted by Crippen LogP contribution is 2.10. The van der Waals surface area contributed by atoms with Gasteiger partial charge in [-0.3, -0.25) is 10.1 Å². The van der Waals surface area contributed by atoms with E-state index in [0.29, 0.717) is 10.7 Å². The Morgan fingerprint density at radius 1 is 1.10 bits per heavy atom. The van der Waals surface area contributed by atoms with Crippen LogP contribution in [0.1, 0.15) is 34.5 Å². The standard InChI is InChI=1S/C17H18N2OS/c1-12-7-6-10-15(11-12)16(20)19-17(21)18-13(2)14-8-4-3-5-9-14/h3-11,13H,1-2H3,(H2,18,19,20,21)/t13-/m0/s1. The van der Waals surface area contributed by atoms with Crippen molar-refractivity contribution in [3.8, 4) is 0 Å². The molecule has 0 spiro atoms. The number of benzene rings is 2. The number of carbonyl (C=O) groups excluding carboxylic acids is 1. The van der Waals surface area contributed by atoms with Crippen molar-refractivity contribution in [2.24, 2.45) is 0 Å². The second kappa shape index (κ2) is 6.99. The van der Waals surface area contributed by atoms with Gasteiger partial charge < -0.3 is 5.32 Å². The van der Waals surface area contributed by atoms with E-state index in [9.17, 15) is 4.79 Å². The van der Waals surface area contributed by atoms with Gasteiger partial charge in [0.15, 0.2) is 5.11 Å². The first kappa shape index (κ1) is 15.2. The number of hydrogen-bond acceptors (Lipinski definition) is 2. The number of thiocarbonyl (C=S) groups is 1. The molecule has 0 aliphatic carbocycles. The monoisotopic (exact) mass is 298 g/mol. The number of hydrogen-bond donors (Lipinski definition) is 2. The average Bonchev–Trinajstić information content (AvgIpc) is 2.48. The van der Waals surface area contributed by atoms with Crippen LogP contribution in [0.15, 0.2) is 54.6 Å². The van der Waals surface area contributed by atoms with Gasteiger partial charge in [0.05, 0.1) is 6.04 Å². The molecule has 21 heavy (non-hydrogen) atoms. The zero-order chi connectivity index (χ0) is 15.2. The van der Waals surface area contributed by atoms with Crippen LogP contribution in [0.2, 0.25) is 0 Å². The zero-order valence-electron chi connectivity index (χ0n) is 12.1. The fourth-order valence-corrected chi connectivity index (χ4v) is 2.29. The largest absolute Gasteiger partial charge is 0.356 e. The van der Waals surface area contributed by atoms with Crippen LogP contribution in [-0.4, -0.2) is 11.0 Å². The molecular formula is C17H18N2OS. The normalized spacial score (nSPS) is 11.5. The highest BCUT2D eigenvalue weighted by Gasteiger charge is 2.10. The Labute approximate surface area is 130 Å². The third kappa shape index (κ3) is 4.39. The molecule has 0 unspecified atom stereocenters. The molecule has 0 aliphatic rings. The minimum absolute atomic E-state index is 0.0384. The van der Waals surface area contributed by atoms with E-state index >= 15 is 0 Å². The predicted octanol–water partition coefficient (Wildman–Crippen LogP) is 3.36. The number of aryl methyl sites for hydroxylation is 1. The first-order valence-electron chi connectivity index (χ1n) is 6.79. The van der Waals surface area contributed by atoms with Gasteiger partial charge in [-0.15, -0.1) is 0 Å². The lowest BCUT2D eigenvalue weighted by Gasteiger charge is -2.16. The van der Waals surface area contributed by atoms with Gasteiger partial charge in [0.2, 0.25) is 0 Å². The summed E-state index contributed by atoms with van der Waals surface area (Å²) in [5, 5.41) is 6.15. The summed E-state index contributed by atoms with van der Waals surface area (Å²) in [6, 6.07) is 17.4. The van der Waals surface area contributed by atoms with Crippen LogP contribution in [0.3, 0.4) is 0 Å². The second-order valence-corrected chi connectivity index (χ2v) is 5.34. The first-order valence-corrected chi connectivity index (χ1v) is 7.20. The number of nitrogens with one attached hydrogen (secondary N) is 2. The summed E-state index contributed by atoms with van der Waals surface area (Å²) in [4.78, 5) is 12.1. The van der Waals surface area contributed by atoms with Gasteiger partial charge in [0.1, 0.15) is 0 Å². The van der Waals surface area contributed by atoms with E-state index in [0.717, 1.165) is 11.1 Å². The summed E-state index contributed by atoms with van der Waals surface area (Å²) in [5.74, 6) is -0.198. The molecule has 0 aromatic heterocycles. The molecule has 0 bridgehead atoms. The summed E-state index contributed by atoms with van der Waals surface area (Å²) in [6.07, 6.45) is 0. The first-order chi connectivity index (χ1) is 10.1. The molecule has 1 atom stereocenters. The van der Waals surface area contributed by atoms with Crippen LogP contribution in [-0.2, 0) is 0 Å². The van der Waals surface area contributed by atoms with E-state index in [-0.39, 0.29) is 11.9 Å². The molecule has 0 saturated carbocycles. The third-order valence-electron chi connectivity index (χ3n) is 3.15. The minimum Gasteiger partial charge on any atom is -0.356 e. The van der Waals surface area contributed by atoms with Crippen molar-refractivity contribution in [2.45, 2.75) is 19.9 Å². The molecule has 0 fully saturated rings. The van der Waals surface area contributed by atoms with Gasteiger partial charge in [0.25, 0.3) is 5.91 Å². The quantitative estimate of drug-likeness (QED) is 0.854. The fourth-order valence-electron chi connectivity index (χ4n) is 2.02. The highest BCUT2D eigenvalue weighted by molar-refractivity contribution is 7.80.